The fourth-order valence-corrected chi connectivity index (χ4v) is 2.54. The van der Waals surface area contributed by atoms with Crippen molar-refractivity contribution in [3.63, 3.8) is 0 Å². The molecule has 0 spiro atoms. The minimum atomic E-state index is -0.238. The van der Waals surface area contributed by atoms with Crippen LogP contribution in [-0.2, 0) is 0 Å². The number of amides is 1. The van der Waals surface area contributed by atoms with Crippen LogP contribution in [-0.4, -0.2) is 38.5 Å². The summed E-state index contributed by atoms with van der Waals surface area (Å²) in [6, 6.07) is 9.68. The maximum absolute atomic E-state index is 12.3. The lowest BCUT2D eigenvalue weighted by Crippen LogP contribution is -2.29. The van der Waals surface area contributed by atoms with Gasteiger partial charge in [-0.15, -0.1) is 29.9 Å². The van der Waals surface area contributed by atoms with Gasteiger partial charge in [0, 0.05) is 24.2 Å². The van der Waals surface area contributed by atoms with Crippen LogP contribution in [0.15, 0.2) is 36.5 Å². The SMILES string of the molecule is Cc1c(C(=O)NCCC(C)N)nnn1-c1cccc2ncccc12.Cl.Cl. The van der Waals surface area contributed by atoms with Crippen LogP contribution >= 0.6 is 24.8 Å². The molecule has 0 aliphatic rings. The third-order valence-electron chi connectivity index (χ3n) is 3.85. The summed E-state index contributed by atoms with van der Waals surface area (Å²) in [4.78, 5) is 16.6. The van der Waals surface area contributed by atoms with Crippen molar-refractivity contribution in [3.8, 4) is 5.69 Å². The lowest BCUT2D eigenvalue weighted by molar-refractivity contribution is 0.0947. The Labute approximate surface area is 164 Å². The zero-order chi connectivity index (χ0) is 17.1. The molecule has 0 aliphatic heterocycles. The number of fused-ring (bicyclic) bond motifs is 1. The Balaban J connectivity index is 0.00000169. The van der Waals surface area contributed by atoms with Gasteiger partial charge in [0.05, 0.1) is 16.9 Å². The Bertz CT molecular complexity index is 875. The largest absolute Gasteiger partial charge is 0.351 e. The van der Waals surface area contributed by atoms with E-state index in [2.05, 4.69) is 20.6 Å². The molecule has 0 aliphatic carbocycles. The standard InChI is InChI=1S/C17H20N6O.2ClH/c1-11(18)8-10-20-17(24)16-12(2)23(22-21-16)15-7-3-6-14-13(15)5-4-9-19-14;;/h3-7,9,11H,8,10,18H2,1-2H3,(H,20,24);2*1H. The lowest BCUT2D eigenvalue weighted by atomic mass is 10.2. The fourth-order valence-electron chi connectivity index (χ4n) is 2.54. The summed E-state index contributed by atoms with van der Waals surface area (Å²) in [5.41, 5.74) is 8.41. The van der Waals surface area contributed by atoms with Gasteiger partial charge in [0.1, 0.15) is 0 Å². The average Bonchev–Trinajstić information content (AvgIpc) is 2.95. The monoisotopic (exact) mass is 396 g/mol. The predicted octanol–water partition coefficient (Wildman–Crippen LogP) is 2.43. The van der Waals surface area contributed by atoms with E-state index in [0.717, 1.165) is 16.6 Å². The van der Waals surface area contributed by atoms with Gasteiger partial charge < -0.3 is 11.1 Å². The number of nitrogens with one attached hydrogen (secondary N) is 1. The molecular formula is C17H22Cl2N6O. The Hall–Kier alpha value is -2.22. The van der Waals surface area contributed by atoms with E-state index in [1.54, 1.807) is 10.9 Å². The first kappa shape index (κ1) is 21.8. The van der Waals surface area contributed by atoms with Crippen molar-refractivity contribution in [2.24, 2.45) is 5.73 Å². The molecular weight excluding hydrogens is 375 g/mol. The van der Waals surface area contributed by atoms with Crippen molar-refractivity contribution >= 4 is 41.6 Å². The highest BCUT2D eigenvalue weighted by Crippen LogP contribution is 2.21. The normalized spacial score (nSPS) is 11.3. The summed E-state index contributed by atoms with van der Waals surface area (Å²) >= 11 is 0. The summed E-state index contributed by atoms with van der Waals surface area (Å²) in [6.07, 6.45) is 2.46. The van der Waals surface area contributed by atoms with Gasteiger partial charge in [-0.25, -0.2) is 4.68 Å². The molecule has 0 bridgehead atoms. The number of benzene rings is 1. The Morgan fingerprint density at radius 1 is 1.27 bits per heavy atom. The molecule has 7 nitrogen and oxygen atoms in total. The van der Waals surface area contributed by atoms with Gasteiger partial charge in [0.15, 0.2) is 5.69 Å². The third kappa shape index (κ3) is 4.49. The Kier molecular flexibility index (Phi) is 7.95. The molecule has 3 N–H and O–H groups in total. The van der Waals surface area contributed by atoms with Crippen molar-refractivity contribution in [2.75, 3.05) is 6.54 Å². The number of carbonyl (C=O) groups is 1. The number of hydrogen-bond acceptors (Lipinski definition) is 5. The molecule has 3 rings (SSSR count). The summed E-state index contributed by atoms with van der Waals surface area (Å²) in [5.74, 6) is -0.238. The molecule has 2 heterocycles. The van der Waals surface area contributed by atoms with Crippen LogP contribution in [0.25, 0.3) is 16.6 Å². The molecule has 1 unspecified atom stereocenters. The van der Waals surface area contributed by atoms with Crippen LogP contribution in [0.1, 0.15) is 29.5 Å². The topological polar surface area (TPSA) is 98.7 Å². The zero-order valence-corrected chi connectivity index (χ0v) is 16.2. The molecule has 1 amide bonds. The van der Waals surface area contributed by atoms with Crippen LogP contribution < -0.4 is 11.1 Å². The highest BCUT2D eigenvalue weighted by molar-refractivity contribution is 5.94. The smallest absolute Gasteiger partial charge is 0.273 e. The molecule has 9 heteroatoms. The number of nitrogens with two attached hydrogens (primary N) is 1. The van der Waals surface area contributed by atoms with Gasteiger partial charge in [-0.1, -0.05) is 11.3 Å². The van der Waals surface area contributed by atoms with E-state index < -0.39 is 0 Å². The predicted molar refractivity (Wildman–Crippen MR) is 106 cm³/mol. The van der Waals surface area contributed by atoms with Gasteiger partial charge in [-0.3, -0.25) is 9.78 Å². The van der Waals surface area contributed by atoms with E-state index in [0.29, 0.717) is 24.4 Å². The van der Waals surface area contributed by atoms with E-state index in [1.807, 2.05) is 44.2 Å². The van der Waals surface area contributed by atoms with Crippen molar-refractivity contribution in [3.05, 3.63) is 47.9 Å². The van der Waals surface area contributed by atoms with Gasteiger partial charge in [0.25, 0.3) is 5.91 Å². The van der Waals surface area contributed by atoms with Crippen molar-refractivity contribution in [1.29, 1.82) is 0 Å². The third-order valence-corrected chi connectivity index (χ3v) is 3.85. The minimum absolute atomic E-state index is 0. The second kappa shape index (κ2) is 9.47. The molecule has 0 saturated carbocycles. The second-order valence-electron chi connectivity index (χ2n) is 5.80. The van der Waals surface area contributed by atoms with E-state index in [-0.39, 0.29) is 36.8 Å². The fraction of sp³-hybridized carbons (Fsp3) is 0.294. The number of nitrogens with zero attached hydrogens (tertiary/aromatic N) is 4. The van der Waals surface area contributed by atoms with Gasteiger partial charge in [-0.05, 0) is 44.5 Å². The summed E-state index contributed by atoms with van der Waals surface area (Å²) in [6.45, 7) is 4.25. The van der Waals surface area contributed by atoms with Crippen LogP contribution in [0.4, 0.5) is 0 Å². The second-order valence-corrected chi connectivity index (χ2v) is 5.80. The van der Waals surface area contributed by atoms with Crippen molar-refractivity contribution < 1.29 is 4.79 Å². The highest BCUT2D eigenvalue weighted by atomic mass is 35.5. The van der Waals surface area contributed by atoms with Gasteiger partial charge in [-0.2, -0.15) is 0 Å². The van der Waals surface area contributed by atoms with E-state index in [9.17, 15) is 4.79 Å². The van der Waals surface area contributed by atoms with E-state index >= 15 is 0 Å². The van der Waals surface area contributed by atoms with Crippen molar-refractivity contribution in [2.45, 2.75) is 26.3 Å². The maximum Gasteiger partial charge on any atom is 0.273 e. The first-order valence-electron chi connectivity index (χ1n) is 7.88. The minimum Gasteiger partial charge on any atom is -0.351 e. The number of rotatable bonds is 5. The zero-order valence-electron chi connectivity index (χ0n) is 14.5. The number of hydrogen-bond donors (Lipinski definition) is 2. The first-order chi connectivity index (χ1) is 11.6. The van der Waals surface area contributed by atoms with Crippen LogP contribution in [0.3, 0.4) is 0 Å². The summed E-state index contributed by atoms with van der Waals surface area (Å²) < 4.78 is 1.67. The Morgan fingerprint density at radius 2 is 2.04 bits per heavy atom. The number of pyridine rings is 1. The number of halogens is 2. The number of aromatic nitrogens is 4. The average molecular weight is 397 g/mol. The molecule has 2 aromatic heterocycles. The molecule has 0 saturated heterocycles. The summed E-state index contributed by atoms with van der Waals surface area (Å²) in [5, 5.41) is 12.0. The quantitative estimate of drug-likeness (QED) is 0.689. The Morgan fingerprint density at radius 3 is 2.77 bits per heavy atom. The maximum atomic E-state index is 12.3. The molecule has 1 aromatic carbocycles. The van der Waals surface area contributed by atoms with E-state index in [1.165, 1.54) is 0 Å². The van der Waals surface area contributed by atoms with Crippen molar-refractivity contribution in [1.82, 2.24) is 25.3 Å². The van der Waals surface area contributed by atoms with Gasteiger partial charge >= 0.3 is 0 Å². The lowest BCUT2D eigenvalue weighted by Gasteiger charge is -2.08. The van der Waals surface area contributed by atoms with E-state index in [4.69, 9.17) is 5.73 Å². The van der Waals surface area contributed by atoms with Crippen LogP contribution in [0, 0.1) is 6.92 Å². The first-order valence-corrected chi connectivity index (χ1v) is 7.88. The van der Waals surface area contributed by atoms with Crippen LogP contribution in [0.2, 0.25) is 0 Å². The highest BCUT2D eigenvalue weighted by Gasteiger charge is 2.18. The molecule has 140 valence electrons. The number of carbonyl (C=O) groups excluding carboxylic acids is 1. The molecule has 1 atom stereocenters. The summed E-state index contributed by atoms with van der Waals surface area (Å²) in [7, 11) is 0. The molecule has 0 radical (unpaired) electrons. The molecule has 0 fully saturated rings. The van der Waals surface area contributed by atoms with Gasteiger partial charge in [0.2, 0.25) is 0 Å². The van der Waals surface area contributed by atoms with Crippen LogP contribution in [0.5, 0.6) is 0 Å². The molecule has 26 heavy (non-hydrogen) atoms. The molecule has 3 aromatic rings.